The minimum Gasteiger partial charge on any atom is -0.358 e. The highest BCUT2D eigenvalue weighted by Crippen LogP contribution is 2.23. The van der Waals surface area contributed by atoms with Gasteiger partial charge in [-0.2, -0.15) is 9.66 Å². The maximum atomic E-state index is 11.1. The molecule has 0 saturated heterocycles. The van der Waals surface area contributed by atoms with Crippen LogP contribution in [0.2, 0.25) is 0 Å². The number of allylic oxidation sites excluding steroid dienone is 1. The van der Waals surface area contributed by atoms with Crippen LogP contribution in [0.15, 0.2) is 24.4 Å². The summed E-state index contributed by atoms with van der Waals surface area (Å²) < 4.78 is 2.86. The first-order valence-corrected chi connectivity index (χ1v) is 4.95. The molecule has 2 aromatic heterocycles. The topological polar surface area (TPSA) is 99.1 Å². The lowest BCUT2D eigenvalue weighted by molar-refractivity contribution is -0.648. The number of nitriles is 1. The fraction of sp³-hybridized carbons (Fsp3) is 0.0909. The maximum Gasteiger partial charge on any atom is 0.380 e. The van der Waals surface area contributed by atoms with Crippen molar-refractivity contribution in [2.24, 2.45) is 7.05 Å². The summed E-state index contributed by atoms with van der Waals surface area (Å²) in [6, 6.07) is 6.83. The van der Waals surface area contributed by atoms with Crippen LogP contribution in [0.5, 0.6) is 0 Å². The SMILES string of the molecule is C[n+]1c(C(=C=N)C#N)c([N+](=O)[O-])n2ccccc21. The fourth-order valence-electron chi connectivity index (χ4n) is 1.86. The summed E-state index contributed by atoms with van der Waals surface area (Å²) in [5.74, 6) is 1.69. The number of nitrogens with zero attached hydrogens (tertiary/aromatic N) is 4. The van der Waals surface area contributed by atoms with E-state index in [-0.39, 0.29) is 17.1 Å². The van der Waals surface area contributed by atoms with Crippen LogP contribution >= 0.6 is 0 Å². The number of nitro groups is 1. The second kappa shape index (κ2) is 4.13. The van der Waals surface area contributed by atoms with Crippen LogP contribution in [-0.4, -0.2) is 15.2 Å². The van der Waals surface area contributed by atoms with E-state index in [1.807, 2.05) is 5.87 Å². The Kier molecular flexibility index (Phi) is 2.64. The van der Waals surface area contributed by atoms with Crippen molar-refractivity contribution < 1.29 is 9.49 Å². The zero-order valence-electron chi connectivity index (χ0n) is 9.41. The number of rotatable bonds is 2. The molecule has 7 nitrogen and oxygen atoms in total. The molecule has 18 heavy (non-hydrogen) atoms. The van der Waals surface area contributed by atoms with E-state index in [2.05, 4.69) is 0 Å². The molecule has 0 aromatic carbocycles. The van der Waals surface area contributed by atoms with Gasteiger partial charge in [-0.1, -0.05) is 6.07 Å². The summed E-state index contributed by atoms with van der Waals surface area (Å²) in [6.45, 7) is 0. The highest BCUT2D eigenvalue weighted by atomic mass is 16.6. The first kappa shape index (κ1) is 11.5. The average Bonchev–Trinajstić information content (AvgIpc) is 2.66. The molecule has 7 heteroatoms. The van der Waals surface area contributed by atoms with Gasteiger partial charge in [0.15, 0.2) is 5.57 Å². The second-order valence-electron chi connectivity index (χ2n) is 3.53. The molecule has 0 amide bonds. The molecule has 0 unspecified atom stereocenters. The molecule has 0 atom stereocenters. The molecule has 0 spiro atoms. The molecule has 88 valence electrons. The standard InChI is InChI=1S/C11H8N5O2/c1-14-9-4-2-3-5-15(9)11(16(17)18)10(14)8(6-12)7-13/h2-5,12H,1H3/q+1. The van der Waals surface area contributed by atoms with E-state index >= 15 is 0 Å². The van der Waals surface area contributed by atoms with Crippen LogP contribution in [0.3, 0.4) is 0 Å². The van der Waals surface area contributed by atoms with Crippen LogP contribution < -0.4 is 4.57 Å². The first-order chi connectivity index (χ1) is 8.61. The van der Waals surface area contributed by atoms with Crippen molar-refractivity contribution in [3.8, 4) is 6.07 Å². The number of hydrogen-bond acceptors (Lipinski definition) is 4. The monoisotopic (exact) mass is 242 g/mol. The normalized spacial score (nSPS) is 9.78. The minimum absolute atomic E-state index is 0.0729. The van der Waals surface area contributed by atoms with Crippen molar-refractivity contribution in [2.45, 2.75) is 0 Å². The van der Waals surface area contributed by atoms with Gasteiger partial charge in [-0.3, -0.25) is 5.41 Å². The Labute approximate surface area is 101 Å². The highest BCUT2D eigenvalue weighted by molar-refractivity contribution is 5.96. The van der Waals surface area contributed by atoms with Crippen molar-refractivity contribution in [1.29, 1.82) is 10.7 Å². The lowest BCUT2D eigenvalue weighted by atomic mass is 10.2. The van der Waals surface area contributed by atoms with Crippen molar-refractivity contribution in [3.05, 3.63) is 40.2 Å². The summed E-state index contributed by atoms with van der Waals surface area (Å²) in [4.78, 5) is 10.6. The van der Waals surface area contributed by atoms with Gasteiger partial charge in [0.25, 0.3) is 5.65 Å². The van der Waals surface area contributed by atoms with E-state index in [0.29, 0.717) is 5.65 Å². The Morgan fingerprint density at radius 1 is 1.61 bits per heavy atom. The molecule has 2 aromatic rings. The van der Waals surface area contributed by atoms with Gasteiger partial charge in [-0.15, -0.1) is 0 Å². The van der Waals surface area contributed by atoms with E-state index < -0.39 is 4.92 Å². The van der Waals surface area contributed by atoms with Crippen LogP contribution in [0.4, 0.5) is 5.82 Å². The van der Waals surface area contributed by atoms with Crippen LogP contribution in [-0.2, 0) is 7.05 Å². The Hall–Kier alpha value is -2.97. The largest absolute Gasteiger partial charge is 0.380 e. The third-order valence-corrected chi connectivity index (χ3v) is 2.60. The summed E-state index contributed by atoms with van der Waals surface area (Å²) in [5.41, 5.74) is 0.457. The third-order valence-electron chi connectivity index (χ3n) is 2.60. The first-order valence-electron chi connectivity index (χ1n) is 4.95. The van der Waals surface area contributed by atoms with Gasteiger partial charge < -0.3 is 10.1 Å². The molecular weight excluding hydrogens is 234 g/mol. The van der Waals surface area contributed by atoms with Crippen molar-refractivity contribution in [1.82, 2.24) is 4.40 Å². The molecule has 0 aliphatic carbocycles. The van der Waals surface area contributed by atoms with Crippen LogP contribution in [0.1, 0.15) is 5.69 Å². The van der Waals surface area contributed by atoms with E-state index in [1.54, 1.807) is 31.3 Å². The van der Waals surface area contributed by atoms with E-state index in [4.69, 9.17) is 10.7 Å². The van der Waals surface area contributed by atoms with Crippen molar-refractivity contribution >= 4 is 22.9 Å². The zero-order chi connectivity index (χ0) is 13.3. The van der Waals surface area contributed by atoms with Gasteiger partial charge in [0, 0.05) is 11.9 Å². The van der Waals surface area contributed by atoms with Gasteiger partial charge in [0.2, 0.25) is 5.69 Å². The Morgan fingerprint density at radius 2 is 2.33 bits per heavy atom. The molecule has 0 radical (unpaired) electrons. The van der Waals surface area contributed by atoms with E-state index in [1.165, 1.54) is 15.2 Å². The average molecular weight is 242 g/mol. The summed E-state index contributed by atoms with van der Waals surface area (Å²) in [6.07, 6.45) is 1.54. The number of imidazole rings is 1. The highest BCUT2D eigenvalue weighted by Gasteiger charge is 2.31. The maximum absolute atomic E-state index is 11.1. The Balaban J connectivity index is 3.01. The van der Waals surface area contributed by atoms with Crippen molar-refractivity contribution in [2.75, 3.05) is 0 Å². The summed E-state index contributed by atoms with van der Waals surface area (Å²) in [7, 11) is 1.60. The lowest BCUT2D eigenvalue weighted by Gasteiger charge is -1.94. The molecule has 1 N–H and O–H groups in total. The van der Waals surface area contributed by atoms with Crippen LogP contribution in [0, 0.1) is 26.9 Å². The van der Waals surface area contributed by atoms with Crippen molar-refractivity contribution in [3.63, 3.8) is 0 Å². The third kappa shape index (κ3) is 1.45. The lowest BCUT2D eigenvalue weighted by Crippen LogP contribution is -2.31. The van der Waals surface area contributed by atoms with Gasteiger partial charge in [-0.05, 0) is 11.0 Å². The van der Waals surface area contributed by atoms with Gasteiger partial charge >= 0.3 is 5.82 Å². The van der Waals surface area contributed by atoms with E-state index in [0.717, 1.165) is 0 Å². The molecule has 2 heterocycles. The molecule has 0 aliphatic rings. The van der Waals surface area contributed by atoms with Gasteiger partial charge in [0.1, 0.15) is 12.3 Å². The second-order valence-corrected chi connectivity index (χ2v) is 3.53. The molecule has 0 aliphatic heterocycles. The minimum atomic E-state index is -0.572. The smallest absolute Gasteiger partial charge is 0.358 e. The predicted octanol–water partition coefficient (Wildman–Crippen LogP) is 0.827. The molecule has 2 rings (SSSR count). The number of pyridine rings is 1. The molecular formula is C11H8N5O2+. The van der Waals surface area contributed by atoms with E-state index in [9.17, 15) is 10.1 Å². The zero-order valence-corrected chi connectivity index (χ0v) is 9.41. The quantitative estimate of drug-likeness (QED) is 0.277. The number of aromatic nitrogens is 2. The predicted molar refractivity (Wildman–Crippen MR) is 62.0 cm³/mol. The fourth-order valence-corrected chi connectivity index (χ4v) is 1.86. The summed E-state index contributed by atoms with van der Waals surface area (Å²) in [5, 5.41) is 27.1. The summed E-state index contributed by atoms with van der Waals surface area (Å²) >= 11 is 0. The van der Waals surface area contributed by atoms with Gasteiger partial charge in [0.05, 0.1) is 7.05 Å². The number of hydrogen-bond donors (Lipinski definition) is 1. The van der Waals surface area contributed by atoms with Gasteiger partial charge in [-0.25, -0.2) is 4.57 Å². The molecule has 0 bridgehead atoms. The molecule has 0 saturated carbocycles. The number of aryl methyl sites for hydroxylation is 1. The Morgan fingerprint density at radius 3 is 2.89 bits per heavy atom. The Bertz CT molecular complexity index is 747. The number of fused-ring (bicyclic) bond motifs is 1. The molecule has 0 fully saturated rings. The number of nitrogens with one attached hydrogen (secondary N) is 1. The van der Waals surface area contributed by atoms with Crippen LogP contribution in [0.25, 0.3) is 11.2 Å².